The number of aromatic nitrogens is 4. The van der Waals surface area contributed by atoms with Crippen molar-refractivity contribution in [1.82, 2.24) is 19.7 Å². The fourth-order valence-electron chi connectivity index (χ4n) is 3.54. The number of anilines is 1. The molecule has 1 amide bonds. The van der Waals surface area contributed by atoms with Crippen molar-refractivity contribution in [3.63, 3.8) is 0 Å². The summed E-state index contributed by atoms with van der Waals surface area (Å²) in [6, 6.07) is 23.7. The van der Waals surface area contributed by atoms with Crippen molar-refractivity contribution in [2.24, 2.45) is 0 Å². The standard InChI is InChI=1S/C24H19N5OS2/c1-15-6-4-7-16(12-15)22-27-28-24(31)29(22)14-21(30)25-18-9-5-8-17(13-18)23-26-19-10-2-3-11-20(19)32-23/h2-13H,14H2,1H3,(H,25,30)(H,28,31). The van der Waals surface area contributed by atoms with Gasteiger partial charge in [0.1, 0.15) is 11.6 Å². The molecule has 0 atom stereocenters. The Morgan fingerprint density at radius 1 is 1.06 bits per heavy atom. The van der Waals surface area contributed by atoms with Crippen LogP contribution in [0, 0.1) is 11.7 Å². The summed E-state index contributed by atoms with van der Waals surface area (Å²) in [4.78, 5) is 17.5. The number of carbonyl (C=O) groups excluding carboxylic acids is 1. The molecule has 0 fully saturated rings. The summed E-state index contributed by atoms with van der Waals surface area (Å²) in [5.41, 5.74) is 4.66. The van der Waals surface area contributed by atoms with Gasteiger partial charge in [-0.1, -0.05) is 48.0 Å². The number of aromatic amines is 1. The van der Waals surface area contributed by atoms with Crippen LogP contribution in [0.1, 0.15) is 5.56 Å². The predicted molar refractivity (Wildman–Crippen MR) is 131 cm³/mol. The Kier molecular flexibility index (Phi) is 5.38. The second-order valence-electron chi connectivity index (χ2n) is 7.42. The Morgan fingerprint density at radius 3 is 2.72 bits per heavy atom. The maximum Gasteiger partial charge on any atom is 0.244 e. The van der Waals surface area contributed by atoms with Crippen LogP contribution in [0.4, 0.5) is 5.69 Å². The summed E-state index contributed by atoms with van der Waals surface area (Å²) in [5.74, 6) is 0.454. The molecule has 0 radical (unpaired) electrons. The Morgan fingerprint density at radius 2 is 1.88 bits per heavy atom. The van der Waals surface area contributed by atoms with Gasteiger partial charge in [0, 0.05) is 16.8 Å². The van der Waals surface area contributed by atoms with Crippen LogP contribution in [0.3, 0.4) is 0 Å². The van der Waals surface area contributed by atoms with E-state index in [1.165, 1.54) is 0 Å². The molecule has 0 saturated carbocycles. The number of hydrogen-bond acceptors (Lipinski definition) is 5. The first-order valence-corrected chi connectivity index (χ1v) is 11.3. The van der Waals surface area contributed by atoms with E-state index < -0.39 is 0 Å². The number of aryl methyl sites for hydroxylation is 1. The monoisotopic (exact) mass is 457 g/mol. The molecule has 0 unspecified atom stereocenters. The number of benzene rings is 3. The molecule has 2 heterocycles. The van der Waals surface area contributed by atoms with Gasteiger partial charge in [-0.2, -0.15) is 5.10 Å². The van der Waals surface area contributed by atoms with Gasteiger partial charge in [-0.3, -0.25) is 14.5 Å². The van der Waals surface area contributed by atoms with Gasteiger partial charge in [0.05, 0.1) is 10.2 Å². The number of nitrogens with one attached hydrogen (secondary N) is 2. The zero-order chi connectivity index (χ0) is 22.1. The van der Waals surface area contributed by atoms with Gasteiger partial charge >= 0.3 is 0 Å². The molecule has 158 valence electrons. The molecule has 0 aliphatic heterocycles. The van der Waals surface area contributed by atoms with E-state index in [-0.39, 0.29) is 12.5 Å². The quantitative estimate of drug-likeness (QED) is 0.326. The zero-order valence-electron chi connectivity index (χ0n) is 17.2. The van der Waals surface area contributed by atoms with Crippen LogP contribution in [-0.4, -0.2) is 25.7 Å². The Labute approximate surface area is 193 Å². The molecule has 0 bridgehead atoms. The summed E-state index contributed by atoms with van der Waals surface area (Å²) >= 11 is 6.99. The van der Waals surface area contributed by atoms with Crippen molar-refractivity contribution in [3.05, 3.63) is 83.1 Å². The largest absolute Gasteiger partial charge is 0.325 e. The van der Waals surface area contributed by atoms with Gasteiger partial charge in [-0.15, -0.1) is 11.3 Å². The molecule has 6 nitrogen and oxygen atoms in total. The highest BCUT2D eigenvalue weighted by atomic mass is 32.1. The molecule has 0 saturated heterocycles. The third-order valence-electron chi connectivity index (χ3n) is 5.02. The van der Waals surface area contributed by atoms with Crippen LogP contribution >= 0.6 is 23.6 Å². The molecule has 3 aromatic carbocycles. The number of para-hydroxylation sites is 1. The average molecular weight is 458 g/mol. The Hall–Kier alpha value is -3.62. The van der Waals surface area contributed by atoms with Gasteiger partial charge in [0.2, 0.25) is 5.91 Å². The van der Waals surface area contributed by atoms with E-state index in [4.69, 9.17) is 17.2 Å². The first kappa shape index (κ1) is 20.3. The highest BCUT2D eigenvalue weighted by Crippen LogP contribution is 2.31. The molecule has 0 aliphatic carbocycles. The smallest absolute Gasteiger partial charge is 0.244 e. The van der Waals surface area contributed by atoms with E-state index in [1.54, 1.807) is 15.9 Å². The Bertz CT molecular complexity index is 1460. The number of thiazole rings is 1. The molecule has 32 heavy (non-hydrogen) atoms. The van der Waals surface area contributed by atoms with Crippen LogP contribution in [0.5, 0.6) is 0 Å². The number of carbonyl (C=O) groups is 1. The van der Waals surface area contributed by atoms with E-state index in [0.29, 0.717) is 16.3 Å². The van der Waals surface area contributed by atoms with Gasteiger partial charge in [-0.05, 0) is 49.5 Å². The minimum absolute atomic E-state index is 0.0595. The number of rotatable bonds is 5. The first-order chi connectivity index (χ1) is 15.6. The van der Waals surface area contributed by atoms with Gasteiger partial charge in [0.25, 0.3) is 0 Å². The lowest BCUT2D eigenvalue weighted by molar-refractivity contribution is -0.116. The van der Waals surface area contributed by atoms with Crippen molar-refractivity contribution in [1.29, 1.82) is 0 Å². The minimum Gasteiger partial charge on any atom is -0.325 e. The average Bonchev–Trinajstić information content (AvgIpc) is 3.38. The highest BCUT2D eigenvalue weighted by molar-refractivity contribution is 7.71. The SMILES string of the molecule is Cc1cccc(-c2n[nH]c(=S)n2CC(=O)Nc2cccc(-c3nc4ccccc4s3)c2)c1. The molecule has 5 aromatic rings. The van der Waals surface area contributed by atoms with Crippen LogP contribution in [0.2, 0.25) is 0 Å². The highest BCUT2D eigenvalue weighted by Gasteiger charge is 2.13. The van der Waals surface area contributed by atoms with Crippen molar-refractivity contribution in [2.75, 3.05) is 5.32 Å². The number of hydrogen-bond donors (Lipinski definition) is 2. The van der Waals surface area contributed by atoms with E-state index in [9.17, 15) is 4.79 Å². The number of amides is 1. The maximum atomic E-state index is 12.8. The van der Waals surface area contributed by atoms with Gasteiger partial charge < -0.3 is 5.32 Å². The molecular formula is C24H19N5OS2. The van der Waals surface area contributed by atoms with Crippen molar-refractivity contribution in [3.8, 4) is 22.0 Å². The maximum absolute atomic E-state index is 12.8. The lowest BCUT2D eigenvalue weighted by Gasteiger charge is -2.09. The normalized spacial score (nSPS) is 11.0. The van der Waals surface area contributed by atoms with Crippen LogP contribution < -0.4 is 5.32 Å². The molecule has 0 spiro atoms. The Balaban J connectivity index is 1.37. The third-order valence-corrected chi connectivity index (χ3v) is 6.42. The zero-order valence-corrected chi connectivity index (χ0v) is 18.8. The molecule has 2 aromatic heterocycles. The topological polar surface area (TPSA) is 75.6 Å². The second kappa shape index (κ2) is 8.49. The van der Waals surface area contributed by atoms with Gasteiger partial charge in [-0.25, -0.2) is 4.98 Å². The van der Waals surface area contributed by atoms with E-state index in [1.807, 2.05) is 73.7 Å². The van der Waals surface area contributed by atoms with Gasteiger partial charge in [0.15, 0.2) is 10.6 Å². The molecule has 5 rings (SSSR count). The molecular weight excluding hydrogens is 438 g/mol. The molecule has 8 heteroatoms. The fraction of sp³-hybridized carbons (Fsp3) is 0.0833. The lowest BCUT2D eigenvalue weighted by atomic mass is 10.1. The summed E-state index contributed by atoms with van der Waals surface area (Å²) in [6.07, 6.45) is 0. The number of H-pyrrole nitrogens is 1. The first-order valence-electron chi connectivity index (χ1n) is 10.0. The van der Waals surface area contributed by atoms with Crippen molar-refractivity contribution in [2.45, 2.75) is 13.5 Å². The van der Waals surface area contributed by atoms with E-state index in [2.05, 4.69) is 21.6 Å². The van der Waals surface area contributed by atoms with Crippen molar-refractivity contribution < 1.29 is 4.79 Å². The lowest BCUT2D eigenvalue weighted by Crippen LogP contribution is -2.19. The number of nitrogens with zero attached hydrogens (tertiary/aromatic N) is 3. The molecule has 2 N–H and O–H groups in total. The van der Waals surface area contributed by atoms with Crippen LogP contribution in [0.25, 0.3) is 32.2 Å². The summed E-state index contributed by atoms with van der Waals surface area (Å²) in [6.45, 7) is 2.07. The molecule has 0 aliphatic rings. The van der Waals surface area contributed by atoms with Crippen LogP contribution in [-0.2, 0) is 11.3 Å². The van der Waals surface area contributed by atoms with Crippen molar-refractivity contribution >= 4 is 45.4 Å². The third kappa shape index (κ3) is 4.10. The summed E-state index contributed by atoms with van der Waals surface area (Å²) < 4.78 is 3.24. The van der Waals surface area contributed by atoms with E-state index in [0.717, 1.165) is 31.9 Å². The predicted octanol–water partition coefficient (Wildman–Crippen LogP) is 5.83. The van der Waals surface area contributed by atoms with E-state index >= 15 is 0 Å². The number of fused-ring (bicyclic) bond motifs is 1. The second-order valence-corrected chi connectivity index (χ2v) is 8.84. The van der Waals surface area contributed by atoms with Crippen LogP contribution in [0.15, 0.2) is 72.8 Å². The summed E-state index contributed by atoms with van der Waals surface area (Å²) in [5, 5.41) is 11.0. The fourth-order valence-corrected chi connectivity index (χ4v) is 4.70. The minimum atomic E-state index is -0.183. The summed E-state index contributed by atoms with van der Waals surface area (Å²) in [7, 11) is 0.